The summed E-state index contributed by atoms with van der Waals surface area (Å²) in [6, 6.07) is 6.41. The number of aryl methyl sites for hydroxylation is 1. The molecule has 0 radical (unpaired) electrons. The van der Waals surface area contributed by atoms with Crippen molar-refractivity contribution in [2.75, 3.05) is 7.11 Å². The Bertz CT molecular complexity index is 196. The summed E-state index contributed by atoms with van der Waals surface area (Å²) in [5.41, 5.74) is 4.43. The second kappa shape index (κ2) is 2.19. The van der Waals surface area contributed by atoms with E-state index >= 15 is 0 Å². The standard InChI is InChI=1S/C7H6.CH4O/c1-5-6-3-2-4-7(5)6;1-2/h2-4H,1H3;2H,1H3. The Morgan fingerprint density at radius 1 is 1.11 bits per heavy atom. The van der Waals surface area contributed by atoms with E-state index in [2.05, 4.69) is 25.1 Å². The second-order valence-corrected chi connectivity index (χ2v) is 1.98. The number of fused-ring (bicyclic) bond motifs is 1. The van der Waals surface area contributed by atoms with Gasteiger partial charge >= 0.3 is 0 Å². The van der Waals surface area contributed by atoms with Crippen molar-refractivity contribution in [3.05, 3.63) is 23.8 Å². The van der Waals surface area contributed by atoms with Crippen molar-refractivity contribution in [3.8, 4) is 11.1 Å². The summed E-state index contributed by atoms with van der Waals surface area (Å²) in [6.07, 6.45) is 0. The van der Waals surface area contributed by atoms with E-state index in [4.69, 9.17) is 5.11 Å². The maximum absolute atomic E-state index is 7.00. The van der Waals surface area contributed by atoms with E-state index in [9.17, 15) is 0 Å². The predicted octanol–water partition coefficient (Wildman–Crippen LogP) is 1.58. The third-order valence-corrected chi connectivity index (χ3v) is 1.56. The first-order valence-corrected chi connectivity index (χ1v) is 2.94. The molecular formula is C8H10O. The van der Waals surface area contributed by atoms with Crippen molar-refractivity contribution >= 4 is 0 Å². The largest absolute Gasteiger partial charge is 0.400 e. The zero-order chi connectivity index (χ0) is 6.85. The third-order valence-electron chi connectivity index (χ3n) is 1.56. The minimum atomic E-state index is 1.00. The van der Waals surface area contributed by atoms with E-state index in [1.165, 1.54) is 16.7 Å². The molecule has 0 bridgehead atoms. The molecule has 1 nitrogen and oxygen atoms in total. The minimum absolute atomic E-state index is 1.00. The van der Waals surface area contributed by atoms with Crippen molar-refractivity contribution in [2.45, 2.75) is 6.92 Å². The monoisotopic (exact) mass is 122 g/mol. The van der Waals surface area contributed by atoms with E-state index in [-0.39, 0.29) is 0 Å². The van der Waals surface area contributed by atoms with E-state index in [1.54, 1.807) is 0 Å². The van der Waals surface area contributed by atoms with Crippen LogP contribution in [0.5, 0.6) is 0 Å². The molecule has 0 unspecified atom stereocenters. The Kier molecular flexibility index (Phi) is 1.54. The van der Waals surface area contributed by atoms with Crippen molar-refractivity contribution in [3.63, 3.8) is 0 Å². The average Bonchev–Trinajstić information content (AvgIpc) is 2.36. The zero-order valence-electron chi connectivity index (χ0n) is 5.68. The Balaban J connectivity index is 0.000000186. The maximum atomic E-state index is 7.00. The van der Waals surface area contributed by atoms with Gasteiger partial charge in [-0.05, 0) is 23.6 Å². The van der Waals surface area contributed by atoms with Gasteiger partial charge in [0.25, 0.3) is 0 Å². The fourth-order valence-electron chi connectivity index (χ4n) is 0.991. The molecule has 0 heterocycles. The minimum Gasteiger partial charge on any atom is -0.400 e. The molecule has 2 aliphatic carbocycles. The van der Waals surface area contributed by atoms with E-state index < -0.39 is 0 Å². The summed E-state index contributed by atoms with van der Waals surface area (Å²) in [4.78, 5) is 0. The zero-order valence-corrected chi connectivity index (χ0v) is 5.68. The van der Waals surface area contributed by atoms with E-state index in [0.717, 1.165) is 7.11 Å². The summed E-state index contributed by atoms with van der Waals surface area (Å²) in [6.45, 7) is 2.16. The number of rotatable bonds is 0. The molecule has 0 aromatic carbocycles. The van der Waals surface area contributed by atoms with Gasteiger partial charge in [-0.1, -0.05) is 18.2 Å². The SMILES string of the molecule is CO.Cc1c2cccc1-2. The molecule has 0 fully saturated rings. The number of hydrogen-bond acceptors (Lipinski definition) is 1. The van der Waals surface area contributed by atoms with Crippen LogP contribution >= 0.6 is 0 Å². The molecule has 0 aromatic rings. The molecule has 2 rings (SSSR count). The van der Waals surface area contributed by atoms with Crippen molar-refractivity contribution in [2.24, 2.45) is 0 Å². The molecule has 1 heteroatoms. The highest BCUT2D eigenvalue weighted by atomic mass is 16.2. The van der Waals surface area contributed by atoms with Gasteiger partial charge in [-0.3, -0.25) is 0 Å². The van der Waals surface area contributed by atoms with Crippen LogP contribution in [-0.4, -0.2) is 12.2 Å². The van der Waals surface area contributed by atoms with Gasteiger partial charge in [0.05, 0.1) is 0 Å². The van der Waals surface area contributed by atoms with Crippen LogP contribution in [0.3, 0.4) is 0 Å². The smallest absolute Gasteiger partial charge is 0.0319 e. The van der Waals surface area contributed by atoms with Gasteiger partial charge in [-0.2, -0.15) is 0 Å². The number of aliphatic hydroxyl groups excluding tert-OH is 1. The summed E-state index contributed by atoms with van der Waals surface area (Å²) < 4.78 is 0. The normalized spacial score (nSPS) is 9.67. The lowest BCUT2D eigenvalue weighted by atomic mass is 10.5. The van der Waals surface area contributed by atoms with Gasteiger partial charge in [0.2, 0.25) is 0 Å². The molecule has 0 saturated carbocycles. The molecular weight excluding hydrogens is 112 g/mol. The fraction of sp³-hybridized carbons (Fsp3) is 0.250. The number of benzene rings is 1. The summed E-state index contributed by atoms with van der Waals surface area (Å²) in [5.74, 6) is 0. The lowest BCUT2D eigenvalue weighted by Crippen LogP contribution is -1.37. The van der Waals surface area contributed by atoms with Gasteiger partial charge in [0.15, 0.2) is 0 Å². The Morgan fingerprint density at radius 2 is 1.56 bits per heavy atom. The first-order chi connectivity index (χ1) is 4.39. The van der Waals surface area contributed by atoms with Crippen LogP contribution < -0.4 is 0 Å². The lowest BCUT2D eigenvalue weighted by Gasteiger charge is -1.57. The fourth-order valence-corrected chi connectivity index (χ4v) is 0.991. The molecule has 0 atom stereocenters. The van der Waals surface area contributed by atoms with Gasteiger partial charge in [0, 0.05) is 7.11 Å². The Morgan fingerprint density at radius 3 is 1.78 bits per heavy atom. The van der Waals surface area contributed by atoms with Crippen molar-refractivity contribution in [1.29, 1.82) is 0 Å². The molecule has 48 valence electrons. The molecule has 0 saturated heterocycles. The van der Waals surface area contributed by atoms with Crippen LogP contribution in [0.25, 0.3) is 11.1 Å². The average molecular weight is 122 g/mol. The van der Waals surface area contributed by atoms with Crippen LogP contribution in [-0.2, 0) is 0 Å². The van der Waals surface area contributed by atoms with Crippen LogP contribution in [0.15, 0.2) is 18.2 Å². The van der Waals surface area contributed by atoms with Gasteiger partial charge in [-0.15, -0.1) is 0 Å². The second-order valence-electron chi connectivity index (χ2n) is 1.98. The van der Waals surface area contributed by atoms with Crippen molar-refractivity contribution < 1.29 is 5.11 Å². The number of hydrogen-bond donors (Lipinski definition) is 1. The topological polar surface area (TPSA) is 20.2 Å². The number of aliphatic hydroxyl groups is 1. The Labute approximate surface area is 55.0 Å². The Hall–Kier alpha value is -0.820. The summed E-state index contributed by atoms with van der Waals surface area (Å²) in [7, 11) is 1.00. The lowest BCUT2D eigenvalue weighted by molar-refractivity contribution is 0.399. The first kappa shape index (κ1) is 6.30. The third kappa shape index (κ3) is 0.836. The van der Waals surface area contributed by atoms with Crippen LogP contribution in [0.4, 0.5) is 0 Å². The first-order valence-electron chi connectivity index (χ1n) is 2.94. The predicted molar refractivity (Wildman–Crippen MR) is 38.3 cm³/mol. The van der Waals surface area contributed by atoms with Crippen LogP contribution in [0.2, 0.25) is 0 Å². The summed E-state index contributed by atoms with van der Waals surface area (Å²) >= 11 is 0. The van der Waals surface area contributed by atoms with Gasteiger partial charge < -0.3 is 5.11 Å². The highest BCUT2D eigenvalue weighted by Crippen LogP contribution is 2.40. The molecule has 0 spiro atoms. The van der Waals surface area contributed by atoms with E-state index in [1.807, 2.05) is 0 Å². The van der Waals surface area contributed by atoms with Crippen LogP contribution in [0, 0.1) is 6.92 Å². The molecule has 0 aliphatic heterocycles. The molecule has 2 aliphatic rings. The molecule has 0 amide bonds. The quantitative estimate of drug-likeness (QED) is 0.562. The molecule has 0 aromatic heterocycles. The highest BCUT2D eigenvalue weighted by Gasteiger charge is 2.17. The maximum Gasteiger partial charge on any atom is 0.0319 e. The molecule has 1 N–H and O–H groups in total. The van der Waals surface area contributed by atoms with Gasteiger partial charge in [0.1, 0.15) is 0 Å². The van der Waals surface area contributed by atoms with Crippen molar-refractivity contribution in [1.82, 2.24) is 0 Å². The molecule has 9 heavy (non-hydrogen) atoms. The van der Waals surface area contributed by atoms with Crippen LogP contribution in [0.1, 0.15) is 5.56 Å². The highest BCUT2D eigenvalue weighted by molar-refractivity contribution is 5.88. The summed E-state index contributed by atoms with van der Waals surface area (Å²) in [5, 5.41) is 7.00. The van der Waals surface area contributed by atoms with Gasteiger partial charge in [-0.25, -0.2) is 0 Å². The van der Waals surface area contributed by atoms with E-state index in [0.29, 0.717) is 0 Å².